The number of nitrogens with two attached hydrogens (primary N) is 1. The van der Waals surface area contributed by atoms with E-state index in [1.54, 1.807) is 23.9 Å². The first-order chi connectivity index (χ1) is 13.0. The molecular formula is C20H16ClFN4O. The van der Waals surface area contributed by atoms with Crippen molar-refractivity contribution in [2.45, 2.75) is 6.92 Å². The molecule has 0 spiro atoms. The Morgan fingerprint density at radius 2 is 1.81 bits per heavy atom. The summed E-state index contributed by atoms with van der Waals surface area (Å²) in [5, 5.41) is 4.43. The van der Waals surface area contributed by atoms with Gasteiger partial charge < -0.3 is 10.5 Å². The van der Waals surface area contributed by atoms with Gasteiger partial charge in [0.05, 0.1) is 24.0 Å². The van der Waals surface area contributed by atoms with Crippen molar-refractivity contribution in [1.82, 2.24) is 14.6 Å². The zero-order chi connectivity index (χ0) is 19.1. The highest BCUT2D eigenvalue weighted by Crippen LogP contribution is 2.34. The molecule has 4 aromatic rings. The molecule has 7 heteroatoms. The Bertz CT molecular complexity index is 1160. The van der Waals surface area contributed by atoms with Gasteiger partial charge in [-0.25, -0.2) is 9.37 Å². The number of benzene rings is 2. The number of hydrogen-bond acceptors (Lipinski definition) is 4. The fourth-order valence-corrected chi connectivity index (χ4v) is 3.30. The van der Waals surface area contributed by atoms with Crippen LogP contribution >= 0.6 is 11.6 Å². The lowest BCUT2D eigenvalue weighted by Crippen LogP contribution is -2.05. The van der Waals surface area contributed by atoms with Crippen LogP contribution in [0.25, 0.3) is 27.9 Å². The Morgan fingerprint density at radius 3 is 2.48 bits per heavy atom. The average Bonchev–Trinajstić information content (AvgIpc) is 3.08. The summed E-state index contributed by atoms with van der Waals surface area (Å²) in [5.41, 5.74) is 10.9. The number of nitrogen functional groups attached to an aromatic ring is 1. The molecule has 0 amide bonds. The van der Waals surface area contributed by atoms with Crippen LogP contribution in [-0.2, 0) is 0 Å². The number of nitrogens with zero attached hydrogens (tertiary/aromatic N) is 3. The minimum Gasteiger partial charge on any atom is -0.497 e. The van der Waals surface area contributed by atoms with E-state index in [-0.39, 0.29) is 5.02 Å². The molecule has 0 aliphatic carbocycles. The fourth-order valence-electron chi connectivity index (χ4n) is 3.11. The number of hydrogen-bond donors (Lipinski definition) is 1. The summed E-state index contributed by atoms with van der Waals surface area (Å²) >= 11 is 5.93. The summed E-state index contributed by atoms with van der Waals surface area (Å²) in [6.07, 6.45) is 1.72. The van der Waals surface area contributed by atoms with Gasteiger partial charge in [-0.15, -0.1) is 0 Å². The predicted molar refractivity (Wildman–Crippen MR) is 105 cm³/mol. The number of fused-ring (bicyclic) bond motifs is 1. The monoisotopic (exact) mass is 382 g/mol. The van der Waals surface area contributed by atoms with Crippen LogP contribution < -0.4 is 10.5 Å². The van der Waals surface area contributed by atoms with Gasteiger partial charge in [0, 0.05) is 11.1 Å². The predicted octanol–water partition coefficient (Wildman–Crippen LogP) is 4.76. The molecule has 0 fully saturated rings. The van der Waals surface area contributed by atoms with Crippen molar-refractivity contribution in [3.8, 4) is 28.0 Å². The van der Waals surface area contributed by atoms with Gasteiger partial charge in [-0.1, -0.05) is 29.8 Å². The highest BCUT2D eigenvalue weighted by molar-refractivity contribution is 6.31. The Kier molecular flexibility index (Phi) is 4.20. The normalized spacial score (nSPS) is 11.1. The quantitative estimate of drug-likeness (QED) is 0.555. The summed E-state index contributed by atoms with van der Waals surface area (Å²) in [5.74, 6) is 0.709. The summed E-state index contributed by atoms with van der Waals surface area (Å²) in [7, 11) is 1.62. The molecule has 4 rings (SSSR count). The number of aryl methyl sites for hydroxylation is 1. The molecular weight excluding hydrogens is 367 g/mol. The van der Waals surface area contributed by atoms with Gasteiger partial charge in [0.2, 0.25) is 0 Å². The number of rotatable bonds is 3. The van der Waals surface area contributed by atoms with E-state index in [2.05, 4.69) is 5.10 Å². The van der Waals surface area contributed by atoms with E-state index < -0.39 is 5.82 Å². The zero-order valence-corrected chi connectivity index (χ0v) is 15.5. The van der Waals surface area contributed by atoms with Crippen molar-refractivity contribution in [3.05, 3.63) is 65.2 Å². The van der Waals surface area contributed by atoms with Gasteiger partial charge in [0.1, 0.15) is 17.4 Å². The molecule has 0 radical (unpaired) electrons. The standard InChI is InChI=1S/C20H16ClFN4O/c1-11-18(13-5-8-17(22)16(21)9-13)19(23)26-20(25-11)15(10-24-26)12-3-6-14(27-2)7-4-12/h3-10H,23H2,1-2H3. The van der Waals surface area contributed by atoms with Crippen LogP contribution in [0.2, 0.25) is 5.02 Å². The Labute approximate surface area is 160 Å². The molecule has 2 aromatic carbocycles. The van der Waals surface area contributed by atoms with Gasteiger partial charge in [-0.05, 0) is 42.3 Å². The second kappa shape index (κ2) is 6.55. The Morgan fingerprint density at radius 1 is 1.11 bits per heavy atom. The summed E-state index contributed by atoms with van der Waals surface area (Å²) < 4.78 is 20.3. The average molecular weight is 383 g/mol. The molecule has 0 saturated carbocycles. The molecule has 0 aliphatic rings. The lowest BCUT2D eigenvalue weighted by Gasteiger charge is -2.12. The van der Waals surface area contributed by atoms with Crippen molar-refractivity contribution in [2.75, 3.05) is 12.8 Å². The van der Waals surface area contributed by atoms with Crippen LogP contribution in [0.15, 0.2) is 48.7 Å². The van der Waals surface area contributed by atoms with Crippen LogP contribution in [-0.4, -0.2) is 21.7 Å². The molecule has 0 saturated heterocycles. The number of methoxy groups -OCH3 is 1. The fraction of sp³-hybridized carbons (Fsp3) is 0.100. The molecule has 2 N–H and O–H groups in total. The minimum absolute atomic E-state index is 0.0331. The molecule has 5 nitrogen and oxygen atoms in total. The Hall–Kier alpha value is -3.12. The first-order valence-electron chi connectivity index (χ1n) is 8.23. The van der Waals surface area contributed by atoms with E-state index in [9.17, 15) is 4.39 Å². The van der Waals surface area contributed by atoms with Gasteiger partial charge >= 0.3 is 0 Å². The first kappa shape index (κ1) is 17.3. The third-order valence-electron chi connectivity index (χ3n) is 4.47. The lowest BCUT2D eigenvalue weighted by molar-refractivity contribution is 0.415. The third-order valence-corrected chi connectivity index (χ3v) is 4.76. The van der Waals surface area contributed by atoms with Crippen LogP contribution in [0.5, 0.6) is 5.75 Å². The minimum atomic E-state index is -0.480. The highest BCUT2D eigenvalue weighted by Gasteiger charge is 2.17. The topological polar surface area (TPSA) is 65.4 Å². The van der Waals surface area contributed by atoms with E-state index in [4.69, 9.17) is 27.1 Å². The second-order valence-corrected chi connectivity index (χ2v) is 6.52. The summed E-state index contributed by atoms with van der Waals surface area (Å²) in [6, 6.07) is 12.1. The van der Waals surface area contributed by atoms with Crippen LogP contribution in [0, 0.1) is 12.7 Å². The summed E-state index contributed by atoms with van der Waals surface area (Å²) in [6.45, 7) is 1.85. The zero-order valence-electron chi connectivity index (χ0n) is 14.7. The summed E-state index contributed by atoms with van der Waals surface area (Å²) in [4.78, 5) is 4.70. The first-order valence-corrected chi connectivity index (χ1v) is 8.61. The van der Waals surface area contributed by atoms with E-state index >= 15 is 0 Å². The van der Waals surface area contributed by atoms with Gasteiger partial charge in [0.15, 0.2) is 5.65 Å². The maximum atomic E-state index is 13.5. The maximum absolute atomic E-state index is 13.5. The van der Waals surface area contributed by atoms with Crippen LogP contribution in [0.4, 0.5) is 10.2 Å². The maximum Gasteiger partial charge on any atom is 0.165 e. The van der Waals surface area contributed by atoms with Crippen LogP contribution in [0.3, 0.4) is 0 Å². The molecule has 2 aromatic heterocycles. The highest BCUT2D eigenvalue weighted by atomic mass is 35.5. The van der Waals surface area contributed by atoms with Crippen molar-refractivity contribution in [2.24, 2.45) is 0 Å². The number of anilines is 1. The smallest absolute Gasteiger partial charge is 0.165 e. The van der Waals surface area contributed by atoms with Crippen molar-refractivity contribution < 1.29 is 9.13 Å². The van der Waals surface area contributed by atoms with E-state index in [0.717, 1.165) is 16.9 Å². The number of ether oxygens (including phenoxy) is 1. The largest absolute Gasteiger partial charge is 0.497 e. The molecule has 0 atom stereocenters. The van der Waals surface area contributed by atoms with Crippen molar-refractivity contribution in [3.63, 3.8) is 0 Å². The van der Waals surface area contributed by atoms with Crippen molar-refractivity contribution >= 4 is 23.1 Å². The Balaban J connectivity index is 1.89. The number of halogens is 2. The molecule has 0 bridgehead atoms. The SMILES string of the molecule is COc1ccc(-c2cnn3c(N)c(-c4ccc(F)c(Cl)c4)c(C)nc23)cc1. The molecule has 0 aliphatic heterocycles. The number of aromatic nitrogens is 3. The molecule has 2 heterocycles. The molecule has 0 unspecified atom stereocenters. The van der Waals surface area contributed by atoms with Gasteiger partial charge in [0.25, 0.3) is 0 Å². The second-order valence-electron chi connectivity index (χ2n) is 6.11. The lowest BCUT2D eigenvalue weighted by atomic mass is 10.0. The van der Waals surface area contributed by atoms with E-state index in [1.807, 2.05) is 31.2 Å². The van der Waals surface area contributed by atoms with Gasteiger partial charge in [-0.3, -0.25) is 0 Å². The van der Waals surface area contributed by atoms with Gasteiger partial charge in [-0.2, -0.15) is 9.61 Å². The van der Waals surface area contributed by atoms with E-state index in [1.165, 1.54) is 12.1 Å². The third kappa shape index (κ3) is 2.88. The van der Waals surface area contributed by atoms with E-state index in [0.29, 0.717) is 28.3 Å². The van der Waals surface area contributed by atoms with Crippen molar-refractivity contribution in [1.29, 1.82) is 0 Å². The van der Waals surface area contributed by atoms with Crippen LogP contribution in [0.1, 0.15) is 5.69 Å². The molecule has 27 heavy (non-hydrogen) atoms. The molecule has 136 valence electrons.